The molecule has 1 rings (SSSR count). The second-order valence-electron chi connectivity index (χ2n) is 5.18. The van der Waals surface area contributed by atoms with Gasteiger partial charge in [-0.15, -0.1) is 0 Å². The predicted molar refractivity (Wildman–Crippen MR) is 65.5 cm³/mol. The van der Waals surface area contributed by atoms with Crippen molar-refractivity contribution < 1.29 is 10.2 Å². The molecule has 2 N–H and O–H groups in total. The summed E-state index contributed by atoms with van der Waals surface area (Å²) >= 11 is 0. The zero-order chi connectivity index (χ0) is 13.1. The Hall–Kier alpha value is -0.940. The van der Waals surface area contributed by atoms with E-state index in [-0.39, 0.29) is 0 Å². The molecule has 1 heterocycles. The number of aliphatic hydroxyl groups is 2. The molecular formula is C12H23N3O2. The van der Waals surface area contributed by atoms with Gasteiger partial charge in [0.1, 0.15) is 12.2 Å². The quantitative estimate of drug-likeness (QED) is 0.779. The molecule has 0 saturated heterocycles. The Balaban J connectivity index is 2.72. The topological polar surface area (TPSA) is 71.2 Å². The van der Waals surface area contributed by atoms with Crippen LogP contribution >= 0.6 is 0 Å². The van der Waals surface area contributed by atoms with Crippen LogP contribution in [0.15, 0.2) is 6.33 Å². The van der Waals surface area contributed by atoms with Gasteiger partial charge in [0.15, 0.2) is 0 Å². The van der Waals surface area contributed by atoms with Gasteiger partial charge in [0.2, 0.25) is 0 Å². The van der Waals surface area contributed by atoms with E-state index >= 15 is 0 Å². The third-order valence-corrected chi connectivity index (χ3v) is 3.04. The van der Waals surface area contributed by atoms with Crippen LogP contribution in [0.1, 0.15) is 39.9 Å². The van der Waals surface area contributed by atoms with Crippen LogP contribution in [0.25, 0.3) is 0 Å². The zero-order valence-electron chi connectivity index (χ0n) is 11.1. The minimum atomic E-state index is -1.07. The van der Waals surface area contributed by atoms with Gasteiger partial charge < -0.3 is 10.2 Å². The van der Waals surface area contributed by atoms with Crippen LogP contribution in [-0.2, 0) is 13.0 Å². The van der Waals surface area contributed by atoms with Gasteiger partial charge in [-0.25, -0.2) is 9.67 Å². The largest absolute Gasteiger partial charge is 0.390 e. The average molecular weight is 241 g/mol. The molecule has 0 aromatic carbocycles. The highest BCUT2D eigenvalue weighted by molar-refractivity contribution is 4.93. The van der Waals surface area contributed by atoms with Gasteiger partial charge in [-0.2, -0.15) is 5.10 Å². The normalized spacial score (nSPS) is 17.1. The van der Waals surface area contributed by atoms with Crippen molar-refractivity contribution in [2.75, 3.05) is 0 Å². The van der Waals surface area contributed by atoms with E-state index in [0.717, 1.165) is 12.4 Å². The Bertz CT molecular complexity index is 347. The molecule has 5 nitrogen and oxygen atoms in total. The highest BCUT2D eigenvalue weighted by atomic mass is 16.3. The smallest absolute Gasteiger partial charge is 0.138 e. The number of aliphatic hydroxyl groups excluding tert-OH is 1. The van der Waals surface area contributed by atoms with Crippen molar-refractivity contribution in [1.82, 2.24) is 14.8 Å². The van der Waals surface area contributed by atoms with Crippen LogP contribution in [0.2, 0.25) is 0 Å². The van der Waals surface area contributed by atoms with Crippen LogP contribution in [0.4, 0.5) is 0 Å². The Kier molecular flexibility index (Phi) is 4.65. The van der Waals surface area contributed by atoms with Crippen molar-refractivity contribution in [2.45, 2.75) is 58.8 Å². The summed E-state index contributed by atoms with van der Waals surface area (Å²) < 4.78 is 1.79. The van der Waals surface area contributed by atoms with Gasteiger partial charge in [-0.3, -0.25) is 0 Å². The third-order valence-electron chi connectivity index (χ3n) is 3.04. The second kappa shape index (κ2) is 5.60. The van der Waals surface area contributed by atoms with E-state index in [0.29, 0.717) is 18.8 Å². The summed E-state index contributed by atoms with van der Waals surface area (Å²) in [6, 6.07) is 0. The lowest BCUT2D eigenvalue weighted by molar-refractivity contribution is -0.0641. The minimum absolute atomic E-state index is 0.327. The van der Waals surface area contributed by atoms with Crippen molar-refractivity contribution >= 4 is 0 Å². The standard InChI is InChI=1S/C12H23N3O2/c1-5-12(4,17)10(16)6-11-13-8-14-15(11)7-9(2)3/h8-10,16-17H,5-7H2,1-4H3. The van der Waals surface area contributed by atoms with Crippen LogP contribution in [0.3, 0.4) is 0 Å². The first-order valence-electron chi connectivity index (χ1n) is 6.14. The molecule has 0 spiro atoms. The molecule has 5 heteroatoms. The maximum Gasteiger partial charge on any atom is 0.138 e. The van der Waals surface area contributed by atoms with Gasteiger partial charge >= 0.3 is 0 Å². The van der Waals surface area contributed by atoms with Crippen molar-refractivity contribution in [2.24, 2.45) is 5.92 Å². The molecule has 2 unspecified atom stereocenters. The zero-order valence-corrected chi connectivity index (χ0v) is 11.1. The SMILES string of the molecule is CCC(C)(O)C(O)Cc1ncnn1CC(C)C. The molecule has 1 aromatic heterocycles. The van der Waals surface area contributed by atoms with Gasteiger partial charge in [0.25, 0.3) is 0 Å². The van der Waals surface area contributed by atoms with E-state index in [9.17, 15) is 10.2 Å². The Labute approximate surface area is 102 Å². The van der Waals surface area contributed by atoms with Gasteiger partial charge in [-0.05, 0) is 19.3 Å². The Morgan fingerprint density at radius 2 is 2.12 bits per heavy atom. The number of hydrogen-bond acceptors (Lipinski definition) is 4. The first-order valence-corrected chi connectivity index (χ1v) is 6.14. The highest BCUT2D eigenvalue weighted by Crippen LogP contribution is 2.17. The molecule has 0 aliphatic carbocycles. The molecule has 17 heavy (non-hydrogen) atoms. The van der Waals surface area contributed by atoms with Crippen LogP contribution in [0, 0.1) is 5.92 Å². The third kappa shape index (κ3) is 3.78. The lowest BCUT2D eigenvalue weighted by Gasteiger charge is -2.27. The van der Waals surface area contributed by atoms with Gasteiger partial charge in [0.05, 0.1) is 11.7 Å². The summed E-state index contributed by atoms with van der Waals surface area (Å²) in [5.74, 6) is 1.19. The fourth-order valence-corrected chi connectivity index (χ4v) is 1.57. The van der Waals surface area contributed by atoms with Crippen molar-refractivity contribution in [3.63, 3.8) is 0 Å². The maximum atomic E-state index is 9.98. The van der Waals surface area contributed by atoms with Crippen LogP contribution < -0.4 is 0 Å². The average Bonchev–Trinajstić information content (AvgIpc) is 2.64. The first-order chi connectivity index (χ1) is 7.86. The van der Waals surface area contributed by atoms with E-state index in [4.69, 9.17) is 0 Å². The van der Waals surface area contributed by atoms with Gasteiger partial charge in [-0.1, -0.05) is 20.8 Å². The first kappa shape index (κ1) is 14.1. The molecule has 0 bridgehead atoms. The molecular weight excluding hydrogens is 218 g/mol. The minimum Gasteiger partial charge on any atom is -0.390 e. The van der Waals surface area contributed by atoms with Crippen molar-refractivity contribution in [3.8, 4) is 0 Å². The molecule has 2 atom stereocenters. The Morgan fingerprint density at radius 3 is 2.65 bits per heavy atom. The number of nitrogens with zero attached hydrogens (tertiary/aromatic N) is 3. The fraction of sp³-hybridized carbons (Fsp3) is 0.833. The molecule has 0 amide bonds. The maximum absolute atomic E-state index is 9.98. The van der Waals surface area contributed by atoms with Crippen LogP contribution in [-0.4, -0.2) is 36.7 Å². The molecule has 98 valence electrons. The summed E-state index contributed by atoms with van der Waals surface area (Å²) in [4.78, 5) is 4.14. The van der Waals surface area contributed by atoms with Crippen LogP contribution in [0.5, 0.6) is 0 Å². The summed E-state index contributed by atoms with van der Waals surface area (Å²) in [6.07, 6.45) is 1.51. The predicted octanol–water partition coefficient (Wildman–Crippen LogP) is 0.998. The summed E-state index contributed by atoms with van der Waals surface area (Å²) in [7, 11) is 0. The fourth-order valence-electron chi connectivity index (χ4n) is 1.57. The van der Waals surface area contributed by atoms with Crippen molar-refractivity contribution in [3.05, 3.63) is 12.2 Å². The van der Waals surface area contributed by atoms with Crippen molar-refractivity contribution in [1.29, 1.82) is 0 Å². The van der Waals surface area contributed by atoms with E-state index in [1.54, 1.807) is 11.6 Å². The lowest BCUT2D eigenvalue weighted by Crippen LogP contribution is -2.40. The molecule has 0 aliphatic heterocycles. The van der Waals surface area contributed by atoms with E-state index < -0.39 is 11.7 Å². The van der Waals surface area contributed by atoms with Gasteiger partial charge in [0, 0.05) is 13.0 Å². The van der Waals surface area contributed by atoms with E-state index in [1.165, 1.54) is 6.33 Å². The molecule has 0 aliphatic rings. The second-order valence-corrected chi connectivity index (χ2v) is 5.18. The lowest BCUT2D eigenvalue weighted by atomic mass is 9.93. The monoisotopic (exact) mass is 241 g/mol. The number of hydrogen-bond donors (Lipinski definition) is 2. The molecule has 1 aromatic rings. The molecule has 0 fully saturated rings. The Morgan fingerprint density at radius 1 is 1.47 bits per heavy atom. The summed E-state index contributed by atoms with van der Waals surface area (Å²) in [5, 5.41) is 24.1. The van der Waals surface area contributed by atoms with E-state index in [1.807, 2.05) is 6.92 Å². The van der Waals surface area contributed by atoms with E-state index in [2.05, 4.69) is 23.9 Å². The summed E-state index contributed by atoms with van der Waals surface area (Å²) in [6.45, 7) is 8.47. The molecule has 0 saturated carbocycles. The number of rotatable bonds is 6. The number of aromatic nitrogens is 3. The summed E-state index contributed by atoms with van der Waals surface area (Å²) in [5.41, 5.74) is -1.07. The molecule has 0 radical (unpaired) electrons. The highest BCUT2D eigenvalue weighted by Gasteiger charge is 2.29.